The molecule has 0 spiro atoms. The summed E-state index contributed by atoms with van der Waals surface area (Å²) in [5.41, 5.74) is 4.04. The van der Waals surface area contributed by atoms with Crippen LogP contribution in [0.25, 0.3) is 11.0 Å². The van der Waals surface area contributed by atoms with Crippen LogP contribution < -0.4 is 10.1 Å². The van der Waals surface area contributed by atoms with Crippen LogP contribution in [0, 0.1) is 13.8 Å². The molecule has 4 rings (SSSR count). The van der Waals surface area contributed by atoms with E-state index in [4.69, 9.17) is 16.3 Å². The molecule has 0 bridgehead atoms. The van der Waals surface area contributed by atoms with Crippen molar-refractivity contribution in [2.75, 3.05) is 12.4 Å². The minimum absolute atomic E-state index is 0.288. The van der Waals surface area contributed by atoms with Crippen LogP contribution in [0.4, 0.5) is 5.69 Å². The van der Waals surface area contributed by atoms with Gasteiger partial charge in [0.15, 0.2) is 5.65 Å². The summed E-state index contributed by atoms with van der Waals surface area (Å²) in [5, 5.41) is 8.33. The number of nitrogens with zero attached hydrogens (tertiary/aromatic N) is 5. The van der Waals surface area contributed by atoms with Gasteiger partial charge in [0.25, 0.3) is 5.91 Å². The Labute approximate surface area is 177 Å². The summed E-state index contributed by atoms with van der Waals surface area (Å²) in [5.74, 6) is 0.139. The van der Waals surface area contributed by atoms with E-state index in [2.05, 4.69) is 25.4 Å². The first kappa shape index (κ1) is 19.8. The fourth-order valence-electron chi connectivity index (χ4n) is 3.11. The first-order valence-corrected chi connectivity index (χ1v) is 9.58. The minimum atomic E-state index is -0.328. The van der Waals surface area contributed by atoms with Crippen molar-refractivity contribution in [2.45, 2.75) is 20.4 Å². The van der Waals surface area contributed by atoms with Crippen molar-refractivity contribution >= 4 is 34.2 Å². The first-order chi connectivity index (χ1) is 14.5. The van der Waals surface area contributed by atoms with E-state index < -0.39 is 0 Å². The van der Waals surface area contributed by atoms with Crippen LogP contribution in [0.2, 0.25) is 5.02 Å². The zero-order valence-corrected chi connectivity index (χ0v) is 17.4. The van der Waals surface area contributed by atoms with Gasteiger partial charge in [0.05, 0.1) is 41.0 Å². The maximum absolute atomic E-state index is 12.7. The van der Waals surface area contributed by atoms with E-state index in [1.807, 2.05) is 38.1 Å². The van der Waals surface area contributed by atoms with Gasteiger partial charge in [-0.15, -0.1) is 0 Å². The summed E-state index contributed by atoms with van der Waals surface area (Å²) >= 11 is 6.60. The maximum Gasteiger partial charge on any atom is 0.258 e. The molecule has 8 nitrogen and oxygen atoms in total. The van der Waals surface area contributed by atoms with E-state index in [0.29, 0.717) is 45.6 Å². The third-order valence-electron chi connectivity index (χ3n) is 4.65. The standard InChI is InChI=1S/C21H19ClN6O2/c1-12-4-6-14(7-5-12)26-21(29)16-9-23-20-18(19(16)22)13(2)27-28(20)10-15-8-17(30-3)25-11-24-15/h4-9,11H,10H2,1-3H3,(H,26,29). The zero-order valence-electron chi connectivity index (χ0n) is 16.7. The SMILES string of the molecule is COc1cc(Cn2nc(C)c3c(Cl)c(C(=O)Nc4ccc(C)cc4)cnc32)ncn1. The van der Waals surface area contributed by atoms with Gasteiger partial charge in [0.2, 0.25) is 5.88 Å². The monoisotopic (exact) mass is 422 g/mol. The molecular formula is C21H19ClN6O2. The number of hydrogen-bond donors (Lipinski definition) is 1. The fourth-order valence-corrected chi connectivity index (χ4v) is 3.46. The third-order valence-corrected chi connectivity index (χ3v) is 5.04. The predicted molar refractivity (Wildman–Crippen MR) is 114 cm³/mol. The number of fused-ring (bicyclic) bond motifs is 1. The van der Waals surface area contributed by atoms with Crippen molar-refractivity contribution in [1.29, 1.82) is 0 Å². The van der Waals surface area contributed by atoms with E-state index >= 15 is 0 Å². The van der Waals surface area contributed by atoms with Gasteiger partial charge in [-0.3, -0.25) is 4.79 Å². The number of nitrogens with one attached hydrogen (secondary N) is 1. The number of carbonyl (C=O) groups is 1. The largest absolute Gasteiger partial charge is 0.481 e. The van der Waals surface area contributed by atoms with Crippen LogP contribution in [0.1, 0.15) is 27.3 Å². The molecule has 0 atom stereocenters. The molecule has 0 radical (unpaired) electrons. The van der Waals surface area contributed by atoms with E-state index in [0.717, 1.165) is 5.56 Å². The number of rotatable bonds is 5. The number of carbonyl (C=O) groups excluding carboxylic acids is 1. The van der Waals surface area contributed by atoms with Crippen LogP contribution in [-0.2, 0) is 6.54 Å². The molecule has 3 heterocycles. The van der Waals surface area contributed by atoms with Gasteiger partial charge in [0.1, 0.15) is 6.33 Å². The Hall–Kier alpha value is -3.52. The van der Waals surface area contributed by atoms with Crippen LogP contribution in [0.5, 0.6) is 5.88 Å². The van der Waals surface area contributed by atoms with Gasteiger partial charge in [-0.05, 0) is 26.0 Å². The molecule has 0 aliphatic heterocycles. The highest BCUT2D eigenvalue weighted by Gasteiger charge is 2.20. The van der Waals surface area contributed by atoms with Crippen molar-refractivity contribution in [1.82, 2.24) is 24.7 Å². The van der Waals surface area contributed by atoms with Gasteiger partial charge in [0, 0.05) is 18.0 Å². The Morgan fingerprint density at radius 1 is 1.17 bits per heavy atom. The van der Waals surface area contributed by atoms with Crippen molar-refractivity contribution in [2.24, 2.45) is 0 Å². The number of ether oxygens (including phenoxy) is 1. The Morgan fingerprint density at radius 3 is 2.67 bits per heavy atom. The van der Waals surface area contributed by atoms with Gasteiger partial charge >= 0.3 is 0 Å². The topological polar surface area (TPSA) is 94.8 Å². The minimum Gasteiger partial charge on any atom is -0.481 e. The Kier molecular flexibility index (Phi) is 5.33. The third kappa shape index (κ3) is 3.81. The number of hydrogen-bond acceptors (Lipinski definition) is 6. The van der Waals surface area contributed by atoms with E-state index in [1.165, 1.54) is 12.5 Å². The number of aryl methyl sites for hydroxylation is 2. The molecule has 152 valence electrons. The van der Waals surface area contributed by atoms with E-state index in [9.17, 15) is 4.79 Å². The second-order valence-electron chi connectivity index (χ2n) is 6.80. The zero-order chi connectivity index (χ0) is 21.3. The number of methoxy groups -OCH3 is 1. The second-order valence-corrected chi connectivity index (χ2v) is 7.18. The molecule has 0 aliphatic carbocycles. The Morgan fingerprint density at radius 2 is 1.93 bits per heavy atom. The normalized spacial score (nSPS) is 10.9. The Bertz CT molecular complexity index is 1240. The van der Waals surface area contributed by atoms with E-state index in [-0.39, 0.29) is 11.5 Å². The molecule has 0 unspecified atom stereocenters. The lowest BCUT2D eigenvalue weighted by molar-refractivity contribution is 0.102. The van der Waals surface area contributed by atoms with Gasteiger partial charge < -0.3 is 10.1 Å². The number of amides is 1. The summed E-state index contributed by atoms with van der Waals surface area (Å²) in [4.78, 5) is 25.5. The summed E-state index contributed by atoms with van der Waals surface area (Å²) in [6.45, 7) is 4.17. The van der Waals surface area contributed by atoms with Crippen molar-refractivity contribution < 1.29 is 9.53 Å². The average Bonchev–Trinajstić information content (AvgIpc) is 3.06. The fraction of sp³-hybridized carbons (Fsp3) is 0.190. The summed E-state index contributed by atoms with van der Waals surface area (Å²) in [6, 6.07) is 9.26. The quantitative estimate of drug-likeness (QED) is 0.525. The highest BCUT2D eigenvalue weighted by Crippen LogP contribution is 2.29. The molecule has 1 amide bonds. The van der Waals surface area contributed by atoms with Gasteiger partial charge in [-0.25, -0.2) is 19.6 Å². The molecule has 30 heavy (non-hydrogen) atoms. The maximum atomic E-state index is 12.7. The molecular weight excluding hydrogens is 404 g/mol. The summed E-state index contributed by atoms with van der Waals surface area (Å²) in [6.07, 6.45) is 2.90. The first-order valence-electron chi connectivity index (χ1n) is 9.21. The molecule has 0 saturated heterocycles. The highest BCUT2D eigenvalue weighted by molar-refractivity contribution is 6.39. The number of pyridine rings is 1. The summed E-state index contributed by atoms with van der Waals surface area (Å²) in [7, 11) is 1.55. The van der Waals surface area contributed by atoms with Crippen LogP contribution in [0.15, 0.2) is 42.9 Å². The lowest BCUT2D eigenvalue weighted by Crippen LogP contribution is -2.13. The Balaban J connectivity index is 1.66. The van der Waals surface area contributed by atoms with Crippen molar-refractivity contribution in [3.8, 4) is 5.88 Å². The molecule has 9 heteroatoms. The highest BCUT2D eigenvalue weighted by atomic mass is 35.5. The average molecular weight is 423 g/mol. The number of anilines is 1. The lowest BCUT2D eigenvalue weighted by Gasteiger charge is -2.08. The number of aromatic nitrogens is 5. The van der Waals surface area contributed by atoms with Gasteiger partial charge in [-0.2, -0.15) is 5.10 Å². The van der Waals surface area contributed by atoms with Crippen molar-refractivity contribution in [3.63, 3.8) is 0 Å². The lowest BCUT2D eigenvalue weighted by atomic mass is 10.2. The summed E-state index contributed by atoms with van der Waals surface area (Å²) < 4.78 is 6.83. The molecule has 1 N–H and O–H groups in total. The van der Waals surface area contributed by atoms with Gasteiger partial charge in [-0.1, -0.05) is 29.3 Å². The molecule has 0 aliphatic rings. The smallest absolute Gasteiger partial charge is 0.258 e. The van der Waals surface area contributed by atoms with E-state index in [1.54, 1.807) is 17.9 Å². The predicted octanol–water partition coefficient (Wildman–Crippen LogP) is 3.80. The molecule has 3 aromatic heterocycles. The van der Waals surface area contributed by atoms with Crippen molar-refractivity contribution in [3.05, 3.63) is 70.4 Å². The second kappa shape index (κ2) is 8.08. The molecule has 1 aromatic carbocycles. The molecule has 0 saturated carbocycles. The number of benzene rings is 1. The molecule has 0 fully saturated rings. The van der Waals surface area contributed by atoms with Crippen LogP contribution >= 0.6 is 11.6 Å². The number of halogens is 1. The van der Waals surface area contributed by atoms with Crippen LogP contribution in [0.3, 0.4) is 0 Å². The van der Waals surface area contributed by atoms with Crippen LogP contribution in [-0.4, -0.2) is 37.7 Å². The molecule has 4 aromatic rings.